The molecule has 1 heterocycles. The van der Waals surface area contributed by atoms with E-state index in [2.05, 4.69) is 9.71 Å². The predicted octanol–water partition coefficient (Wildman–Crippen LogP) is 1.89. The number of ether oxygens (including phenoxy) is 4. The van der Waals surface area contributed by atoms with Gasteiger partial charge in [0.2, 0.25) is 21.7 Å². The minimum atomic E-state index is -3.57. The molecule has 25 heavy (non-hydrogen) atoms. The molecule has 1 atom stereocenters. The van der Waals surface area contributed by atoms with Crippen molar-refractivity contribution in [2.45, 2.75) is 19.9 Å². The van der Waals surface area contributed by atoms with Gasteiger partial charge in [-0.3, -0.25) is 4.72 Å². The highest BCUT2D eigenvalue weighted by Crippen LogP contribution is 2.46. The molecule has 2 rings (SSSR count). The van der Waals surface area contributed by atoms with Gasteiger partial charge in [-0.15, -0.1) is 0 Å². The minimum Gasteiger partial charge on any atom is -0.493 e. The Morgan fingerprint density at radius 1 is 1.20 bits per heavy atom. The van der Waals surface area contributed by atoms with Gasteiger partial charge in [-0.1, -0.05) is 13.8 Å². The van der Waals surface area contributed by atoms with Gasteiger partial charge in [0, 0.05) is 0 Å². The van der Waals surface area contributed by atoms with Gasteiger partial charge in [0.1, 0.15) is 12.3 Å². The summed E-state index contributed by atoms with van der Waals surface area (Å²) in [6.07, 6.45) is 1.06. The Balaban J connectivity index is 2.70. The first-order valence-electron chi connectivity index (χ1n) is 7.73. The lowest BCUT2D eigenvalue weighted by atomic mass is 10.1. The molecule has 0 fully saturated rings. The molecule has 1 aromatic rings. The third-order valence-corrected chi connectivity index (χ3v) is 4.37. The van der Waals surface area contributed by atoms with Crippen LogP contribution in [0, 0.1) is 5.92 Å². The summed E-state index contributed by atoms with van der Waals surface area (Å²) >= 11 is 0. The van der Waals surface area contributed by atoms with E-state index in [0.717, 1.165) is 6.26 Å². The van der Waals surface area contributed by atoms with Gasteiger partial charge in [-0.25, -0.2) is 13.4 Å². The first-order chi connectivity index (χ1) is 11.7. The monoisotopic (exact) mass is 372 g/mol. The highest BCUT2D eigenvalue weighted by atomic mass is 32.2. The predicted molar refractivity (Wildman–Crippen MR) is 95.7 cm³/mol. The maximum atomic E-state index is 11.8. The van der Waals surface area contributed by atoms with Crippen LogP contribution in [0.25, 0.3) is 0 Å². The molecule has 0 bridgehead atoms. The van der Waals surface area contributed by atoms with Crippen molar-refractivity contribution in [3.8, 4) is 17.2 Å². The molecule has 0 amide bonds. The molecule has 0 saturated carbocycles. The molecule has 0 radical (unpaired) electrons. The van der Waals surface area contributed by atoms with Crippen molar-refractivity contribution < 1.29 is 27.4 Å². The Morgan fingerprint density at radius 3 is 2.28 bits per heavy atom. The van der Waals surface area contributed by atoms with Crippen molar-refractivity contribution in [3.63, 3.8) is 0 Å². The molecule has 0 saturated heterocycles. The third kappa shape index (κ3) is 4.09. The van der Waals surface area contributed by atoms with Crippen molar-refractivity contribution in [2.75, 3.05) is 38.9 Å². The normalized spacial score (nSPS) is 17.1. The molecule has 0 spiro atoms. The topological polar surface area (TPSA) is 95.5 Å². The highest BCUT2D eigenvalue weighted by molar-refractivity contribution is 7.92. The lowest BCUT2D eigenvalue weighted by Gasteiger charge is -2.19. The maximum Gasteiger partial charge on any atom is 0.229 e. The van der Waals surface area contributed by atoms with Crippen LogP contribution in [0.1, 0.15) is 19.4 Å². The largest absolute Gasteiger partial charge is 0.493 e. The molecule has 0 unspecified atom stereocenters. The van der Waals surface area contributed by atoms with Crippen molar-refractivity contribution >= 4 is 21.6 Å². The molecule has 0 aliphatic carbocycles. The standard InChI is InChI=1S/C16H24N2O6S/c1-9(2)11-8-24-16(17-11)10-7-12(21-3)14(22-4)15(23-5)13(10)18-25(6,19)20/h7,9,11,18H,8H2,1-6H3/t11-/m1/s1. The summed E-state index contributed by atoms with van der Waals surface area (Å²) in [5.74, 6) is 1.49. The van der Waals surface area contributed by atoms with Crippen molar-refractivity contribution in [2.24, 2.45) is 10.9 Å². The van der Waals surface area contributed by atoms with Crippen LogP contribution in [0.15, 0.2) is 11.1 Å². The fourth-order valence-corrected chi connectivity index (χ4v) is 3.06. The second-order valence-electron chi connectivity index (χ2n) is 6.00. The fraction of sp³-hybridized carbons (Fsp3) is 0.562. The van der Waals surface area contributed by atoms with Gasteiger partial charge >= 0.3 is 0 Å². The summed E-state index contributed by atoms with van der Waals surface area (Å²) in [7, 11) is 0.778. The summed E-state index contributed by atoms with van der Waals surface area (Å²) in [5.41, 5.74) is 0.633. The molecular weight excluding hydrogens is 348 g/mol. The summed E-state index contributed by atoms with van der Waals surface area (Å²) in [5, 5.41) is 0. The van der Waals surface area contributed by atoms with Crippen molar-refractivity contribution in [1.82, 2.24) is 0 Å². The fourth-order valence-electron chi connectivity index (χ4n) is 2.49. The molecule has 1 aliphatic rings. The molecular formula is C16H24N2O6S. The summed E-state index contributed by atoms with van der Waals surface area (Å²) in [6.45, 7) is 4.53. The van der Waals surface area contributed by atoms with Crippen LogP contribution in [-0.2, 0) is 14.8 Å². The Bertz CT molecular complexity index is 773. The van der Waals surface area contributed by atoms with E-state index in [1.165, 1.54) is 21.3 Å². The van der Waals surface area contributed by atoms with E-state index in [4.69, 9.17) is 18.9 Å². The summed E-state index contributed by atoms with van der Waals surface area (Å²) < 4.78 is 47.9. The highest BCUT2D eigenvalue weighted by Gasteiger charge is 2.30. The van der Waals surface area contributed by atoms with Crippen LogP contribution in [0.4, 0.5) is 5.69 Å². The third-order valence-electron chi connectivity index (χ3n) is 3.79. The number of hydrogen-bond acceptors (Lipinski definition) is 7. The second kappa shape index (κ2) is 7.38. The zero-order valence-corrected chi connectivity index (χ0v) is 16.1. The van der Waals surface area contributed by atoms with Crippen LogP contribution in [0.5, 0.6) is 17.2 Å². The van der Waals surface area contributed by atoms with E-state index in [9.17, 15) is 8.42 Å². The second-order valence-corrected chi connectivity index (χ2v) is 7.75. The minimum absolute atomic E-state index is 0.000162. The van der Waals surface area contributed by atoms with Gasteiger partial charge in [0.05, 0.1) is 39.2 Å². The maximum absolute atomic E-state index is 11.8. The van der Waals surface area contributed by atoms with Crippen molar-refractivity contribution in [3.05, 3.63) is 11.6 Å². The Kier molecular flexibility index (Phi) is 5.66. The number of nitrogens with one attached hydrogen (secondary N) is 1. The van der Waals surface area contributed by atoms with Gasteiger partial charge in [-0.05, 0) is 12.0 Å². The number of anilines is 1. The quantitative estimate of drug-likeness (QED) is 0.785. The SMILES string of the molecule is COc1cc(C2=N[C@@H](C(C)C)CO2)c(NS(C)(=O)=O)c(OC)c1OC. The van der Waals surface area contributed by atoms with E-state index >= 15 is 0 Å². The van der Waals surface area contributed by atoms with Gasteiger partial charge in [0.15, 0.2) is 11.5 Å². The van der Waals surface area contributed by atoms with Crippen LogP contribution in [0.3, 0.4) is 0 Å². The summed E-state index contributed by atoms with van der Waals surface area (Å²) in [6, 6.07) is 1.62. The molecule has 9 heteroatoms. The Hall–Kier alpha value is -2.16. The number of nitrogens with zero attached hydrogens (tertiary/aromatic N) is 1. The number of hydrogen-bond donors (Lipinski definition) is 1. The van der Waals surface area contributed by atoms with Gasteiger partial charge in [0.25, 0.3) is 0 Å². The van der Waals surface area contributed by atoms with E-state index in [1.54, 1.807) is 6.07 Å². The molecule has 140 valence electrons. The van der Waals surface area contributed by atoms with E-state index < -0.39 is 10.0 Å². The van der Waals surface area contributed by atoms with Crippen LogP contribution >= 0.6 is 0 Å². The molecule has 1 N–H and O–H groups in total. The number of rotatable bonds is 7. The van der Waals surface area contributed by atoms with Crippen LogP contribution < -0.4 is 18.9 Å². The molecule has 0 aromatic heterocycles. The van der Waals surface area contributed by atoms with E-state index in [0.29, 0.717) is 29.7 Å². The number of methoxy groups -OCH3 is 3. The van der Waals surface area contributed by atoms with E-state index in [1.807, 2.05) is 13.8 Å². The number of aliphatic imine (C=N–C) groups is 1. The lowest BCUT2D eigenvalue weighted by molar-refractivity contribution is 0.291. The smallest absolute Gasteiger partial charge is 0.229 e. The molecule has 1 aliphatic heterocycles. The first kappa shape index (κ1) is 19.2. The first-order valence-corrected chi connectivity index (χ1v) is 9.62. The van der Waals surface area contributed by atoms with Gasteiger partial charge < -0.3 is 18.9 Å². The average Bonchev–Trinajstić information content (AvgIpc) is 3.02. The zero-order valence-electron chi connectivity index (χ0n) is 15.2. The Morgan fingerprint density at radius 2 is 1.84 bits per heavy atom. The van der Waals surface area contributed by atoms with Crippen molar-refractivity contribution in [1.29, 1.82) is 0 Å². The number of sulfonamides is 1. The number of benzene rings is 1. The Labute approximate surface area is 148 Å². The average molecular weight is 372 g/mol. The lowest BCUT2D eigenvalue weighted by Crippen LogP contribution is -2.16. The summed E-state index contributed by atoms with van der Waals surface area (Å²) in [4.78, 5) is 4.56. The van der Waals surface area contributed by atoms with Crippen LogP contribution in [0.2, 0.25) is 0 Å². The van der Waals surface area contributed by atoms with E-state index in [-0.39, 0.29) is 23.2 Å². The molecule has 1 aromatic carbocycles. The molecule has 8 nitrogen and oxygen atoms in total. The zero-order chi connectivity index (χ0) is 18.8. The van der Waals surface area contributed by atoms with Gasteiger partial charge in [-0.2, -0.15) is 0 Å². The van der Waals surface area contributed by atoms with Crippen LogP contribution in [-0.4, -0.2) is 54.5 Å².